The first-order valence-electron chi connectivity index (χ1n) is 5.99. The Morgan fingerprint density at radius 2 is 2.29 bits per heavy atom. The molecule has 1 heterocycles. The first-order chi connectivity index (χ1) is 8.11. The summed E-state index contributed by atoms with van der Waals surface area (Å²) in [6.07, 6.45) is 0.976. The zero-order chi connectivity index (χ0) is 12.4. The van der Waals surface area contributed by atoms with Crippen LogP contribution in [0.4, 0.5) is 11.4 Å². The zero-order valence-corrected chi connectivity index (χ0v) is 10.4. The van der Waals surface area contributed by atoms with Crippen LogP contribution in [0.1, 0.15) is 12.5 Å². The lowest BCUT2D eigenvalue weighted by Crippen LogP contribution is -2.37. The molecule has 17 heavy (non-hydrogen) atoms. The van der Waals surface area contributed by atoms with Gasteiger partial charge in [0.2, 0.25) is 5.91 Å². The van der Waals surface area contributed by atoms with Gasteiger partial charge >= 0.3 is 0 Å². The minimum absolute atomic E-state index is 0.164. The van der Waals surface area contributed by atoms with E-state index in [1.807, 2.05) is 32.2 Å². The van der Waals surface area contributed by atoms with Crippen molar-refractivity contribution in [1.29, 1.82) is 0 Å². The normalized spacial score (nSPS) is 13.6. The van der Waals surface area contributed by atoms with Crippen LogP contribution in [-0.2, 0) is 11.2 Å². The summed E-state index contributed by atoms with van der Waals surface area (Å²) in [5.74, 6) is 0.164. The minimum atomic E-state index is 0.164. The maximum atomic E-state index is 11.9. The van der Waals surface area contributed by atoms with Gasteiger partial charge in [0.1, 0.15) is 0 Å². The van der Waals surface area contributed by atoms with E-state index in [0.29, 0.717) is 6.54 Å². The van der Waals surface area contributed by atoms with E-state index < -0.39 is 0 Å². The number of hydrogen-bond donors (Lipinski definition) is 1. The van der Waals surface area contributed by atoms with Gasteiger partial charge in [0.25, 0.3) is 0 Å². The molecule has 0 saturated heterocycles. The topological polar surface area (TPSA) is 49.6 Å². The molecule has 0 aliphatic carbocycles. The quantitative estimate of drug-likeness (QED) is 0.796. The van der Waals surface area contributed by atoms with E-state index >= 15 is 0 Å². The summed E-state index contributed by atoms with van der Waals surface area (Å²) >= 11 is 0. The van der Waals surface area contributed by atoms with Gasteiger partial charge in [-0.05, 0) is 37.1 Å². The molecule has 4 heteroatoms. The highest BCUT2D eigenvalue weighted by molar-refractivity contribution is 5.82. The summed E-state index contributed by atoms with van der Waals surface area (Å²) in [5, 5.41) is 0. The van der Waals surface area contributed by atoms with Gasteiger partial charge in [-0.25, -0.2) is 0 Å². The molecule has 92 valence electrons. The maximum absolute atomic E-state index is 11.9. The van der Waals surface area contributed by atoms with Crippen LogP contribution in [0, 0.1) is 0 Å². The molecule has 1 aliphatic rings. The molecule has 0 aromatic heterocycles. The van der Waals surface area contributed by atoms with Crippen molar-refractivity contribution in [3.05, 3.63) is 23.8 Å². The summed E-state index contributed by atoms with van der Waals surface area (Å²) in [6.45, 7) is 4.10. The Balaban J connectivity index is 2.10. The van der Waals surface area contributed by atoms with E-state index in [1.165, 1.54) is 5.56 Å². The zero-order valence-electron chi connectivity index (χ0n) is 10.4. The number of nitrogens with two attached hydrogens (primary N) is 1. The van der Waals surface area contributed by atoms with Crippen molar-refractivity contribution >= 4 is 17.3 Å². The van der Waals surface area contributed by atoms with Crippen LogP contribution < -0.4 is 10.6 Å². The van der Waals surface area contributed by atoms with Crippen LogP contribution >= 0.6 is 0 Å². The Bertz CT molecular complexity index is 431. The van der Waals surface area contributed by atoms with Crippen LogP contribution in [0.5, 0.6) is 0 Å². The van der Waals surface area contributed by atoms with E-state index in [1.54, 1.807) is 4.90 Å². The summed E-state index contributed by atoms with van der Waals surface area (Å²) in [4.78, 5) is 15.7. The molecular weight excluding hydrogens is 214 g/mol. The Morgan fingerprint density at radius 3 is 3.00 bits per heavy atom. The molecule has 0 saturated carbocycles. The van der Waals surface area contributed by atoms with Crippen LogP contribution in [0.15, 0.2) is 18.2 Å². The molecular formula is C13H19N3O. The molecule has 0 unspecified atom stereocenters. The lowest BCUT2D eigenvalue weighted by Gasteiger charge is -2.22. The Hall–Kier alpha value is -1.71. The number of amides is 1. The van der Waals surface area contributed by atoms with Gasteiger partial charge in [0.05, 0.1) is 6.54 Å². The van der Waals surface area contributed by atoms with Crippen LogP contribution in [0.3, 0.4) is 0 Å². The van der Waals surface area contributed by atoms with E-state index in [-0.39, 0.29) is 5.91 Å². The average molecular weight is 233 g/mol. The van der Waals surface area contributed by atoms with Gasteiger partial charge in [-0.15, -0.1) is 0 Å². The lowest BCUT2D eigenvalue weighted by atomic mass is 10.1. The molecule has 1 aromatic rings. The number of anilines is 2. The predicted octanol–water partition coefficient (Wildman–Crippen LogP) is 1.11. The van der Waals surface area contributed by atoms with Crippen molar-refractivity contribution in [2.24, 2.45) is 0 Å². The minimum Gasteiger partial charge on any atom is -0.399 e. The second kappa shape index (κ2) is 4.65. The molecule has 0 atom stereocenters. The third kappa shape index (κ3) is 2.35. The molecule has 1 aromatic carbocycles. The largest absolute Gasteiger partial charge is 0.399 e. The van der Waals surface area contributed by atoms with Crippen molar-refractivity contribution in [2.45, 2.75) is 13.3 Å². The highest BCUT2D eigenvalue weighted by atomic mass is 16.2. The fourth-order valence-corrected chi connectivity index (χ4v) is 2.11. The Labute approximate surface area is 102 Å². The number of likely N-dealkylation sites (N-methyl/N-ethyl adjacent to an activating group) is 1. The van der Waals surface area contributed by atoms with Gasteiger partial charge in [-0.3, -0.25) is 4.79 Å². The number of nitrogen functional groups attached to an aromatic ring is 1. The highest BCUT2D eigenvalue weighted by Crippen LogP contribution is 2.29. The van der Waals surface area contributed by atoms with E-state index in [9.17, 15) is 4.79 Å². The van der Waals surface area contributed by atoms with Crippen molar-refractivity contribution in [2.75, 3.05) is 37.3 Å². The first kappa shape index (κ1) is 11.8. The molecule has 1 aliphatic heterocycles. The van der Waals surface area contributed by atoms with Gasteiger partial charge in [0.15, 0.2) is 0 Å². The summed E-state index contributed by atoms with van der Waals surface area (Å²) in [6, 6.07) is 5.91. The van der Waals surface area contributed by atoms with Crippen LogP contribution in [0.25, 0.3) is 0 Å². The smallest absolute Gasteiger partial charge is 0.241 e. The maximum Gasteiger partial charge on any atom is 0.241 e. The van der Waals surface area contributed by atoms with Crippen LogP contribution in [-0.4, -0.2) is 37.5 Å². The predicted molar refractivity (Wildman–Crippen MR) is 70.1 cm³/mol. The van der Waals surface area contributed by atoms with Gasteiger partial charge in [-0.2, -0.15) is 0 Å². The van der Waals surface area contributed by atoms with Gasteiger partial charge in [-0.1, -0.05) is 0 Å². The monoisotopic (exact) mass is 233 g/mol. The fourth-order valence-electron chi connectivity index (χ4n) is 2.11. The molecule has 4 nitrogen and oxygen atoms in total. The number of fused-ring (bicyclic) bond motifs is 1. The molecule has 2 N–H and O–H groups in total. The summed E-state index contributed by atoms with van der Waals surface area (Å²) in [5.41, 5.74) is 8.94. The van der Waals surface area contributed by atoms with Gasteiger partial charge in [0, 0.05) is 31.5 Å². The highest BCUT2D eigenvalue weighted by Gasteiger charge is 2.21. The number of nitrogens with zero attached hydrogens (tertiary/aromatic N) is 2. The number of carbonyl (C=O) groups is 1. The number of hydrogen-bond acceptors (Lipinski definition) is 3. The standard InChI is InChI=1S/C13H19N3O/c1-3-15(2)13(17)9-16-7-6-10-8-11(14)4-5-12(10)16/h4-5,8H,3,6-7,9,14H2,1-2H3. The molecule has 0 fully saturated rings. The van der Waals surface area contributed by atoms with Crippen molar-refractivity contribution in [3.63, 3.8) is 0 Å². The number of rotatable bonds is 3. The van der Waals surface area contributed by atoms with Crippen molar-refractivity contribution < 1.29 is 4.79 Å². The third-order valence-corrected chi connectivity index (χ3v) is 3.32. The fraction of sp³-hybridized carbons (Fsp3) is 0.462. The molecule has 1 amide bonds. The number of benzene rings is 1. The average Bonchev–Trinajstić information content (AvgIpc) is 2.70. The van der Waals surface area contributed by atoms with E-state index in [4.69, 9.17) is 5.73 Å². The molecule has 0 bridgehead atoms. The second-order valence-electron chi connectivity index (χ2n) is 4.47. The lowest BCUT2D eigenvalue weighted by molar-refractivity contribution is -0.128. The third-order valence-electron chi connectivity index (χ3n) is 3.32. The Morgan fingerprint density at radius 1 is 1.53 bits per heavy atom. The summed E-state index contributed by atoms with van der Waals surface area (Å²) in [7, 11) is 1.84. The Kier molecular flexibility index (Phi) is 3.22. The first-order valence-corrected chi connectivity index (χ1v) is 5.99. The van der Waals surface area contributed by atoms with Crippen LogP contribution in [0.2, 0.25) is 0 Å². The second-order valence-corrected chi connectivity index (χ2v) is 4.47. The SMILES string of the molecule is CCN(C)C(=O)CN1CCc2cc(N)ccc21. The van der Waals surface area contributed by atoms with E-state index in [2.05, 4.69) is 4.90 Å². The van der Waals surface area contributed by atoms with Crippen molar-refractivity contribution in [3.8, 4) is 0 Å². The number of carbonyl (C=O) groups excluding carboxylic acids is 1. The molecule has 2 rings (SSSR count). The molecule has 0 radical (unpaired) electrons. The van der Waals surface area contributed by atoms with E-state index in [0.717, 1.165) is 30.9 Å². The van der Waals surface area contributed by atoms with Gasteiger partial charge < -0.3 is 15.5 Å². The van der Waals surface area contributed by atoms with Crippen molar-refractivity contribution in [1.82, 2.24) is 4.90 Å². The molecule has 0 spiro atoms. The summed E-state index contributed by atoms with van der Waals surface area (Å²) < 4.78 is 0.